The van der Waals surface area contributed by atoms with Crippen molar-refractivity contribution in [3.63, 3.8) is 0 Å². The molecule has 3 heteroatoms. The van der Waals surface area contributed by atoms with Crippen LogP contribution in [0.2, 0.25) is 0 Å². The number of benzene rings is 2. The number of halogens is 1. The highest BCUT2D eigenvalue weighted by Gasteiger charge is 2.08. The lowest BCUT2D eigenvalue weighted by Crippen LogP contribution is -1.95. The van der Waals surface area contributed by atoms with Gasteiger partial charge in [0.2, 0.25) is 0 Å². The van der Waals surface area contributed by atoms with Gasteiger partial charge in [0.15, 0.2) is 0 Å². The van der Waals surface area contributed by atoms with Gasteiger partial charge in [-0.1, -0.05) is 56.9 Å². The topological polar surface area (TPSA) is 37.3 Å². The summed E-state index contributed by atoms with van der Waals surface area (Å²) in [6.07, 6.45) is 6.91. The smallest absolute Gasteiger partial charge is 0.335 e. The lowest BCUT2D eigenvalue weighted by Gasteiger charge is -2.07. The Morgan fingerprint density at radius 2 is 1.70 bits per heavy atom. The highest BCUT2D eigenvalue weighted by molar-refractivity contribution is 5.88. The molecule has 0 atom stereocenters. The molecule has 0 aromatic heterocycles. The monoisotopic (exact) mass is 314 g/mol. The predicted octanol–water partition coefficient (Wildman–Crippen LogP) is 5.70. The minimum Gasteiger partial charge on any atom is -0.478 e. The summed E-state index contributed by atoms with van der Waals surface area (Å²) in [4.78, 5) is 10.9. The molecule has 2 nitrogen and oxygen atoms in total. The third-order valence-corrected chi connectivity index (χ3v) is 4.05. The second-order valence-corrected chi connectivity index (χ2v) is 5.86. The van der Waals surface area contributed by atoms with E-state index < -0.39 is 5.97 Å². The number of aryl methyl sites for hydroxylation is 1. The van der Waals surface area contributed by atoms with E-state index in [2.05, 4.69) is 6.92 Å². The third-order valence-electron chi connectivity index (χ3n) is 4.05. The van der Waals surface area contributed by atoms with E-state index in [0.29, 0.717) is 11.1 Å². The number of carboxylic acid groups (broad SMARTS) is 1. The maximum absolute atomic E-state index is 14.3. The lowest BCUT2D eigenvalue weighted by molar-refractivity contribution is 0.0697. The van der Waals surface area contributed by atoms with Gasteiger partial charge in [0, 0.05) is 5.56 Å². The molecule has 0 saturated heterocycles. The Hall–Kier alpha value is -2.16. The minimum absolute atomic E-state index is 0.206. The molecule has 0 spiro atoms. The number of hydrogen-bond acceptors (Lipinski definition) is 1. The van der Waals surface area contributed by atoms with Gasteiger partial charge in [0.25, 0.3) is 0 Å². The second kappa shape index (κ2) is 8.47. The zero-order valence-corrected chi connectivity index (χ0v) is 13.5. The van der Waals surface area contributed by atoms with Crippen LogP contribution in [-0.2, 0) is 6.42 Å². The van der Waals surface area contributed by atoms with Gasteiger partial charge in [0.05, 0.1) is 5.56 Å². The largest absolute Gasteiger partial charge is 0.478 e. The normalized spacial score (nSPS) is 10.7. The molecular weight excluding hydrogens is 291 g/mol. The number of unbranched alkanes of at least 4 members (excludes halogenated alkanes) is 4. The molecule has 0 aliphatic heterocycles. The second-order valence-electron chi connectivity index (χ2n) is 5.86. The van der Waals surface area contributed by atoms with E-state index in [-0.39, 0.29) is 11.4 Å². The van der Waals surface area contributed by atoms with Gasteiger partial charge in [-0.05, 0) is 42.2 Å². The summed E-state index contributed by atoms with van der Waals surface area (Å²) in [6, 6.07) is 11.6. The van der Waals surface area contributed by atoms with E-state index in [4.69, 9.17) is 5.11 Å². The molecule has 2 aromatic rings. The van der Waals surface area contributed by atoms with Gasteiger partial charge in [-0.3, -0.25) is 0 Å². The summed E-state index contributed by atoms with van der Waals surface area (Å²) >= 11 is 0. The van der Waals surface area contributed by atoms with Crippen LogP contribution < -0.4 is 0 Å². The average molecular weight is 314 g/mol. The van der Waals surface area contributed by atoms with Crippen molar-refractivity contribution in [1.82, 2.24) is 0 Å². The van der Waals surface area contributed by atoms with Crippen LogP contribution in [0.25, 0.3) is 11.1 Å². The summed E-state index contributed by atoms with van der Waals surface area (Å²) in [6.45, 7) is 2.19. The first kappa shape index (κ1) is 17.2. The summed E-state index contributed by atoms with van der Waals surface area (Å²) in [5, 5.41) is 8.90. The molecular formula is C20H23FO2. The maximum atomic E-state index is 14.3. The molecule has 2 rings (SSSR count). The number of hydrogen-bond donors (Lipinski definition) is 1. The molecule has 0 radical (unpaired) electrons. The van der Waals surface area contributed by atoms with Crippen LogP contribution >= 0.6 is 0 Å². The van der Waals surface area contributed by atoms with Gasteiger partial charge in [-0.15, -0.1) is 0 Å². The first-order chi connectivity index (χ1) is 11.1. The van der Waals surface area contributed by atoms with Crippen LogP contribution in [0.5, 0.6) is 0 Å². The van der Waals surface area contributed by atoms with Gasteiger partial charge in [-0.2, -0.15) is 0 Å². The van der Waals surface area contributed by atoms with Crippen LogP contribution in [-0.4, -0.2) is 11.1 Å². The van der Waals surface area contributed by atoms with Crippen molar-refractivity contribution in [3.05, 3.63) is 59.4 Å². The van der Waals surface area contributed by atoms with E-state index in [9.17, 15) is 9.18 Å². The molecule has 23 heavy (non-hydrogen) atoms. The fraction of sp³-hybridized carbons (Fsp3) is 0.350. The molecule has 1 N–H and O–H groups in total. The van der Waals surface area contributed by atoms with Crippen LogP contribution in [0.1, 0.15) is 54.9 Å². The van der Waals surface area contributed by atoms with Crippen LogP contribution in [0.4, 0.5) is 4.39 Å². The number of carbonyl (C=O) groups is 1. The Kier molecular flexibility index (Phi) is 6.33. The van der Waals surface area contributed by atoms with Crippen molar-refractivity contribution >= 4 is 5.97 Å². The van der Waals surface area contributed by atoms with Crippen LogP contribution in [0, 0.1) is 5.82 Å². The fourth-order valence-corrected chi connectivity index (χ4v) is 2.67. The minimum atomic E-state index is -0.976. The van der Waals surface area contributed by atoms with E-state index in [1.807, 2.05) is 6.07 Å². The van der Waals surface area contributed by atoms with E-state index in [1.165, 1.54) is 37.8 Å². The first-order valence-electron chi connectivity index (χ1n) is 8.24. The fourth-order valence-electron chi connectivity index (χ4n) is 2.67. The summed E-state index contributed by atoms with van der Waals surface area (Å²) in [5.41, 5.74) is 2.43. The quantitative estimate of drug-likeness (QED) is 0.634. The maximum Gasteiger partial charge on any atom is 0.335 e. The third kappa shape index (κ3) is 4.92. The van der Waals surface area contributed by atoms with Gasteiger partial charge < -0.3 is 5.11 Å². The summed E-state index contributed by atoms with van der Waals surface area (Å²) in [7, 11) is 0. The zero-order valence-electron chi connectivity index (χ0n) is 13.5. The SMILES string of the molecule is CCCCCCCc1ccc(-c2ccc(C(=O)O)cc2)c(F)c1. The van der Waals surface area contributed by atoms with E-state index in [0.717, 1.165) is 18.4 Å². The Morgan fingerprint density at radius 1 is 1.00 bits per heavy atom. The highest BCUT2D eigenvalue weighted by atomic mass is 19.1. The van der Waals surface area contributed by atoms with Crippen molar-refractivity contribution in [2.75, 3.05) is 0 Å². The standard InChI is InChI=1S/C20H23FO2/c1-2-3-4-5-6-7-15-8-13-18(19(21)14-15)16-9-11-17(12-10-16)20(22)23/h8-14H,2-7H2,1H3,(H,22,23). The molecule has 0 aliphatic rings. The summed E-state index contributed by atoms with van der Waals surface area (Å²) < 4.78 is 14.3. The highest BCUT2D eigenvalue weighted by Crippen LogP contribution is 2.25. The van der Waals surface area contributed by atoms with Gasteiger partial charge in [0.1, 0.15) is 5.82 Å². The first-order valence-corrected chi connectivity index (χ1v) is 8.24. The number of rotatable bonds is 8. The van der Waals surface area contributed by atoms with Crippen LogP contribution in [0.3, 0.4) is 0 Å². The van der Waals surface area contributed by atoms with Gasteiger partial charge in [-0.25, -0.2) is 9.18 Å². The Balaban J connectivity index is 2.02. The van der Waals surface area contributed by atoms with E-state index in [1.54, 1.807) is 24.3 Å². The van der Waals surface area contributed by atoms with Crippen molar-refractivity contribution in [2.45, 2.75) is 45.4 Å². The molecule has 0 aliphatic carbocycles. The molecule has 0 amide bonds. The zero-order chi connectivity index (χ0) is 16.7. The molecule has 0 unspecified atom stereocenters. The van der Waals surface area contributed by atoms with Crippen LogP contribution in [0.15, 0.2) is 42.5 Å². The molecule has 0 fully saturated rings. The Bertz CT molecular complexity index is 647. The molecule has 0 bridgehead atoms. The molecule has 2 aromatic carbocycles. The lowest BCUT2D eigenvalue weighted by atomic mass is 9.99. The molecule has 0 heterocycles. The van der Waals surface area contributed by atoms with Crippen molar-refractivity contribution in [3.8, 4) is 11.1 Å². The number of aromatic carboxylic acids is 1. The van der Waals surface area contributed by atoms with Gasteiger partial charge >= 0.3 is 5.97 Å². The van der Waals surface area contributed by atoms with Crippen molar-refractivity contribution in [1.29, 1.82) is 0 Å². The van der Waals surface area contributed by atoms with E-state index >= 15 is 0 Å². The predicted molar refractivity (Wildman–Crippen MR) is 91.3 cm³/mol. The molecule has 122 valence electrons. The molecule has 0 saturated carbocycles. The van der Waals surface area contributed by atoms with Crippen molar-refractivity contribution in [2.24, 2.45) is 0 Å². The number of carboxylic acids is 1. The Morgan fingerprint density at radius 3 is 2.30 bits per heavy atom. The van der Waals surface area contributed by atoms with Crippen molar-refractivity contribution < 1.29 is 14.3 Å². The Labute approximate surface area is 137 Å². The summed E-state index contributed by atoms with van der Waals surface area (Å²) in [5.74, 6) is -1.23. The average Bonchev–Trinajstić information content (AvgIpc) is 2.55.